The number of hydrogen-bond donors (Lipinski definition) is 2. The molecule has 0 aromatic carbocycles. The average molecular weight is 407 g/mol. The van der Waals surface area contributed by atoms with Crippen LogP contribution in [0.25, 0.3) is 0 Å². The van der Waals surface area contributed by atoms with Crippen molar-refractivity contribution >= 4 is 28.3 Å². The van der Waals surface area contributed by atoms with Crippen LogP contribution in [0.3, 0.4) is 0 Å². The third kappa shape index (κ3) is 3.76. The number of nitrogens with one attached hydrogen (secondary N) is 1. The molecule has 148 valence electrons. The monoisotopic (exact) mass is 406 g/mol. The summed E-state index contributed by atoms with van der Waals surface area (Å²) >= 11 is 0. The molecule has 3 rings (SSSR count). The first-order valence-electron chi connectivity index (χ1n) is 8.75. The van der Waals surface area contributed by atoms with Gasteiger partial charge in [-0.1, -0.05) is 18.0 Å². The summed E-state index contributed by atoms with van der Waals surface area (Å²) in [5.74, 6) is 0.396. The van der Waals surface area contributed by atoms with Crippen LogP contribution in [0.4, 0.5) is 0 Å². The highest BCUT2D eigenvalue weighted by Crippen LogP contribution is 2.35. The van der Waals surface area contributed by atoms with Crippen LogP contribution in [0.5, 0.6) is 0 Å². The van der Waals surface area contributed by atoms with Crippen molar-refractivity contribution in [2.45, 2.75) is 56.4 Å². The molecule has 1 aliphatic carbocycles. The number of carbonyl (C=O) groups excluding carboxylic acids is 1. The van der Waals surface area contributed by atoms with Gasteiger partial charge in [0.25, 0.3) is 0 Å². The summed E-state index contributed by atoms with van der Waals surface area (Å²) < 4.78 is 33.6. The summed E-state index contributed by atoms with van der Waals surface area (Å²) in [7, 11) is -3.89. The van der Waals surface area contributed by atoms with Gasteiger partial charge in [0.1, 0.15) is 16.1 Å². The molecule has 1 saturated carbocycles. The van der Waals surface area contributed by atoms with Gasteiger partial charge in [-0.15, -0.1) is 12.4 Å². The van der Waals surface area contributed by atoms with E-state index in [9.17, 15) is 13.2 Å². The third-order valence-corrected chi connectivity index (χ3v) is 7.12. The number of nitrogens with zero attached hydrogens (tertiary/aromatic N) is 2. The lowest BCUT2D eigenvalue weighted by Crippen LogP contribution is -2.57. The van der Waals surface area contributed by atoms with Gasteiger partial charge in [0.15, 0.2) is 5.76 Å². The Labute approximate surface area is 160 Å². The molecule has 1 aliphatic heterocycles. The van der Waals surface area contributed by atoms with Crippen molar-refractivity contribution in [1.29, 1.82) is 0 Å². The zero-order valence-corrected chi connectivity index (χ0v) is 16.8. The number of likely N-dealkylation sites (tertiary alicyclic amines) is 1. The quantitative estimate of drug-likeness (QED) is 0.756. The molecule has 26 heavy (non-hydrogen) atoms. The van der Waals surface area contributed by atoms with Crippen molar-refractivity contribution in [3.63, 3.8) is 0 Å². The lowest BCUT2D eigenvalue weighted by atomic mass is 9.97. The second-order valence-electron chi connectivity index (χ2n) is 7.19. The largest absolute Gasteiger partial charge is 0.360 e. The Morgan fingerprint density at radius 3 is 2.54 bits per heavy atom. The van der Waals surface area contributed by atoms with Crippen LogP contribution in [0.1, 0.15) is 43.6 Å². The first kappa shape index (κ1) is 21.1. The van der Waals surface area contributed by atoms with E-state index in [2.05, 4.69) is 9.88 Å². The van der Waals surface area contributed by atoms with Crippen molar-refractivity contribution in [2.75, 3.05) is 19.6 Å². The predicted molar refractivity (Wildman–Crippen MR) is 98.5 cm³/mol. The van der Waals surface area contributed by atoms with Gasteiger partial charge in [-0.25, -0.2) is 8.42 Å². The second-order valence-corrected chi connectivity index (χ2v) is 8.81. The van der Waals surface area contributed by atoms with Gasteiger partial charge in [-0.05, 0) is 45.6 Å². The van der Waals surface area contributed by atoms with Gasteiger partial charge >= 0.3 is 0 Å². The van der Waals surface area contributed by atoms with E-state index in [0.29, 0.717) is 44.1 Å². The molecule has 2 aliphatic rings. The Kier molecular flexibility index (Phi) is 6.37. The fraction of sp³-hybridized carbons (Fsp3) is 0.750. The molecule has 2 fully saturated rings. The van der Waals surface area contributed by atoms with E-state index in [0.717, 1.165) is 19.3 Å². The van der Waals surface area contributed by atoms with Crippen LogP contribution in [0, 0.1) is 19.8 Å². The topological polar surface area (TPSA) is 119 Å². The second kappa shape index (κ2) is 7.84. The first-order valence-corrected chi connectivity index (χ1v) is 10.2. The number of sulfonamides is 1. The Hall–Kier alpha value is -1.16. The number of rotatable bonds is 5. The number of hydrogen-bond acceptors (Lipinski definition) is 6. The molecule has 1 aromatic heterocycles. The maximum atomic E-state index is 13.2. The highest BCUT2D eigenvalue weighted by Gasteiger charge is 2.48. The molecule has 1 saturated heterocycles. The van der Waals surface area contributed by atoms with Crippen LogP contribution in [0.2, 0.25) is 0 Å². The zero-order valence-electron chi connectivity index (χ0n) is 15.2. The van der Waals surface area contributed by atoms with Crippen molar-refractivity contribution in [2.24, 2.45) is 11.7 Å². The van der Waals surface area contributed by atoms with Gasteiger partial charge in [-0.2, -0.15) is 4.72 Å². The van der Waals surface area contributed by atoms with Crippen LogP contribution in [0.15, 0.2) is 9.42 Å². The Balaban J connectivity index is 0.00000243. The third-order valence-electron chi connectivity index (χ3n) is 5.34. The van der Waals surface area contributed by atoms with Crippen LogP contribution in [-0.4, -0.2) is 49.6 Å². The predicted octanol–water partition coefficient (Wildman–Crippen LogP) is 1.11. The Morgan fingerprint density at radius 1 is 1.38 bits per heavy atom. The summed E-state index contributed by atoms with van der Waals surface area (Å²) in [5.41, 5.74) is 4.94. The fourth-order valence-corrected chi connectivity index (χ4v) is 5.77. The summed E-state index contributed by atoms with van der Waals surface area (Å²) in [5, 5.41) is 3.72. The van der Waals surface area contributed by atoms with E-state index in [1.54, 1.807) is 18.7 Å². The van der Waals surface area contributed by atoms with Gasteiger partial charge < -0.3 is 15.2 Å². The Bertz CT molecular complexity index is 739. The minimum Gasteiger partial charge on any atom is -0.360 e. The van der Waals surface area contributed by atoms with E-state index in [4.69, 9.17) is 10.3 Å². The molecular weight excluding hydrogens is 380 g/mol. The number of carbonyl (C=O) groups is 1. The minimum atomic E-state index is -3.89. The number of nitrogens with two attached hydrogens (primary N) is 1. The van der Waals surface area contributed by atoms with Gasteiger partial charge in [0.2, 0.25) is 15.9 Å². The smallest absolute Gasteiger partial charge is 0.246 e. The normalized spacial score (nSPS) is 22.4. The SMILES string of the molecule is Cc1noc(C)c1S(=O)(=O)NC1(C(=O)N2CCC(CN)C2)CCCC1.Cl. The molecule has 0 bridgehead atoms. The summed E-state index contributed by atoms with van der Waals surface area (Å²) in [6.45, 7) is 4.92. The van der Waals surface area contributed by atoms with Gasteiger partial charge in [-0.3, -0.25) is 4.79 Å². The van der Waals surface area contributed by atoms with Gasteiger partial charge in [0, 0.05) is 13.1 Å². The van der Waals surface area contributed by atoms with Crippen molar-refractivity contribution in [3.05, 3.63) is 11.5 Å². The maximum Gasteiger partial charge on any atom is 0.246 e. The average Bonchev–Trinajstić information content (AvgIpc) is 3.27. The molecule has 2 heterocycles. The number of halogens is 1. The van der Waals surface area contributed by atoms with Crippen molar-refractivity contribution in [3.8, 4) is 0 Å². The van der Waals surface area contributed by atoms with Crippen LogP contribution >= 0.6 is 12.4 Å². The minimum absolute atomic E-state index is 0. The van der Waals surface area contributed by atoms with Gasteiger partial charge in [0.05, 0.1) is 0 Å². The number of amides is 1. The lowest BCUT2D eigenvalue weighted by Gasteiger charge is -2.33. The molecule has 10 heteroatoms. The van der Waals surface area contributed by atoms with E-state index < -0.39 is 15.6 Å². The van der Waals surface area contributed by atoms with Crippen LogP contribution < -0.4 is 10.5 Å². The molecule has 0 spiro atoms. The molecule has 1 atom stereocenters. The van der Waals surface area contributed by atoms with Crippen molar-refractivity contribution in [1.82, 2.24) is 14.8 Å². The number of aryl methyl sites for hydroxylation is 2. The molecule has 0 radical (unpaired) electrons. The zero-order chi connectivity index (χ0) is 18.2. The maximum absolute atomic E-state index is 13.2. The summed E-state index contributed by atoms with van der Waals surface area (Å²) in [6, 6.07) is 0. The highest BCUT2D eigenvalue weighted by molar-refractivity contribution is 7.89. The number of aromatic nitrogens is 1. The van der Waals surface area contributed by atoms with E-state index in [1.807, 2.05) is 0 Å². The van der Waals surface area contributed by atoms with E-state index >= 15 is 0 Å². The Morgan fingerprint density at radius 2 is 2.04 bits per heavy atom. The van der Waals surface area contributed by atoms with Crippen LogP contribution in [-0.2, 0) is 14.8 Å². The molecule has 8 nitrogen and oxygen atoms in total. The molecule has 3 N–H and O–H groups in total. The molecular formula is C16H27ClN4O4S. The highest BCUT2D eigenvalue weighted by atomic mass is 35.5. The first-order chi connectivity index (χ1) is 11.8. The van der Waals surface area contributed by atoms with Crippen molar-refractivity contribution < 1.29 is 17.7 Å². The lowest BCUT2D eigenvalue weighted by molar-refractivity contribution is -0.136. The summed E-state index contributed by atoms with van der Waals surface area (Å²) in [4.78, 5) is 15.0. The fourth-order valence-electron chi connectivity index (χ4n) is 4.02. The molecule has 1 amide bonds. The van der Waals surface area contributed by atoms with E-state index in [1.165, 1.54) is 0 Å². The molecule has 1 aromatic rings. The summed E-state index contributed by atoms with van der Waals surface area (Å²) in [6.07, 6.45) is 3.54. The molecule has 1 unspecified atom stereocenters. The van der Waals surface area contributed by atoms with E-state index in [-0.39, 0.29) is 29.0 Å². The standard InChI is InChI=1S/C16H26N4O4S.ClH/c1-11-14(12(2)24-18-11)25(22,23)19-16(6-3-4-7-16)15(21)20-8-5-13(9-17)10-20;/h13,19H,3-10,17H2,1-2H3;1H.